The van der Waals surface area contributed by atoms with Gasteiger partial charge in [-0.3, -0.25) is 9.52 Å². The Bertz CT molecular complexity index is 668. The molecule has 1 rings (SSSR count). The lowest BCUT2D eigenvalue weighted by Crippen LogP contribution is -2.34. The first-order valence-electron chi connectivity index (χ1n) is 7.29. The monoisotopic (exact) mass is 381 g/mol. The van der Waals surface area contributed by atoms with Crippen molar-refractivity contribution in [2.24, 2.45) is 11.7 Å². The number of sulfonamides is 1. The highest BCUT2D eigenvalue weighted by Crippen LogP contribution is 2.18. The van der Waals surface area contributed by atoms with Gasteiger partial charge < -0.3 is 10.6 Å². The Hall–Kier alpha value is -1.38. The Morgan fingerprint density at radius 2 is 1.96 bits per heavy atom. The quantitative estimate of drug-likeness (QED) is 0.756. The molecule has 1 aromatic carbocycles. The van der Waals surface area contributed by atoms with Crippen LogP contribution in [0, 0.1) is 11.7 Å². The molecule has 0 fully saturated rings. The third-order valence-electron chi connectivity index (χ3n) is 3.51. The summed E-state index contributed by atoms with van der Waals surface area (Å²) in [6.45, 7) is 4.48. The maximum absolute atomic E-state index is 13.6. The van der Waals surface area contributed by atoms with Crippen molar-refractivity contribution in [3.63, 3.8) is 0 Å². The van der Waals surface area contributed by atoms with E-state index >= 15 is 0 Å². The lowest BCUT2D eigenvalue weighted by atomic mass is 10.0. The maximum atomic E-state index is 13.6. The summed E-state index contributed by atoms with van der Waals surface area (Å²) in [5, 5.41) is 0. The van der Waals surface area contributed by atoms with Crippen LogP contribution in [0.2, 0.25) is 0 Å². The summed E-state index contributed by atoms with van der Waals surface area (Å²) in [5.41, 5.74) is 5.91. The van der Waals surface area contributed by atoms with Crippen LogP contribution in [0.3, 0.4) is 0 Å². The molecule has 138 valence electrons. The van der Waals surface area contributed by atoms with E-state index in [9.17, 15) is 17.6 Å². The fraction of sp³-hybridized carbons (Fsp3) is 0.533. The first-order valence-corrected chi connectivity index (χ1v) is 9.18. The molecule has 0 heterocycles. The van der Waals surface area contributed by atoms with Crippen molar-refractivity contribution in [1.82, 2.24) is 4.90 Å². The van der Waals surface area contributed by atoms with Crippen molar-refractivity contribution < 1.29 is 17.6 Å². The second-order valence-electron chi connectivity index (χ2n) is 5.99. The van der Waals surface area contributed by atoms with Crippen LogP contribution in [0.5, 0.6) is 0 Å². The Morgan fingerprint density at radius 1 is 1.38 bits per heavy atom. The molecular formula is C15H25ClFN3O3S. The van der Waals surface area contributed by atoms with Crippen molar-refractivity contribution in [2.75, 3.05) is 24.6 Å². The van der Waals surface area contributed by atoms with Crippen molar-refractivity contribution in [1.29, 1.82) is 0 Å². The number of hydrogen-bond donors (Lipinski definition) is 2. The predicted octanol–water partition coefficient (Wildman–Crippen LogP) is 2.06. The summed E-state index contributed by atoms with van der Waals surface area (Å²) in [7, 11) is -2.00. The van der Waals surface area contributed by atoms with Crippen LogP contribution in [0.1, 0.15) is 30.6 Å². The maximum Gasteiger partial charge on any atom is 0.253 e. The van der Waals surface area contributed by atoms with Crippen molar-refractivity contribution in [2.45, 2.75) is 26.3 Å². The molecule has 0 aromatic heterocycles. The first-order chi connectivity index (χ1) is 10.5. The molecule has 0 bridgehead atoms. The van der Waals surface area contributed by atoms with Crippen LogP contribution in [0.4, 0.5) is 10.1 Å². The molecule has 0 saturated heterocycles. The van der Waals surface area contributed by atoms with E-state index in [1.165, 1.54) is 17.0 Å². The minimum atomic E-state index is -3.62. The van der Waals surface area contributed by atoms with Crippen molar-refractivity contribution in [3.8, 4) is 0 Å². The van der Waals surface area contributed by atoms with Gasteiger partial charge in [-0.25, -0.2) is 12.8 Å². The first kappa shape index (κ1) is 22.6. The van der Waals surface area contributed by atoms with E-state index in [0.717, 1.165) is 12.3 Å². The topological polar surface area (TPSA) is 92.5 Å². The summed E-state index contributed by atoms with van der Waals surface area (Å²) in [6, 6.07) is 3.57. The Labute approximate surface area is 149 Å². The van der Waals surface area contributed by atoms with Gasteiger partial charge in [0.1, 0.15) is 5.82 Å². The summed E-state index contributed by atoms with van der Waals surface area (Å²) in [6.07, 6.45) is 1.57. The number of nitrogens with two attached hydrogens (primary N) is 1. The largest absolute Gasteiger partial charge is 0.342 e. The molecule has 0 radical (unpaired) electrons. The number of amides is 1. The smallest absolute Gasteiger partial charge is 0.253 e. The minimum Gasteiger partial charge on any atom is -0.342 e. The zero-order valence-electron chi connectivity index (χ0n) is 14.2. The van der Waals surface area contributed by atoms with Crippen LogP contribution in [-0.4, -0.2) is 45.1 Å². The molecule has 0 aliphatic rings. The number of nitrogens with one attached hydrogen (secondary N) is 1. The number of halogens is 2. The Kier molecular flexibility index (Phi) is 8.67. The molecule has 1 amide bonds. The van der Waals surface area contributed by atoms with Gasteiger partial charge in [-0.15, -0.1) is 12.4 Å². The van der Waals surface area contributed by atoms with E-state index < -0.39 is 15.8 Å². The van der Waals surface area contributed by atoms with Gasteiger partial charge in [0, 0.05) is 25.2 Å². The van der Waals surface area contributed by atoms with Crippen LogP contribution < -0.4 is 10.5 Å². The highest BCUT2D eigenvalue weighted by Gasteiger charge is 2.17. The van der Waals surface area contributed by atoms with E-state index in [2.05, 4.69) is 4.72 Å². The fourth-order valence-electron chi connectivity index (χ4n) is 1.93. The second-order valence-corrected chi connectivity index (χ2v) is 7.74. The van der Waals surface area contributed by atoms with Gasteiger partial charge in [0.05, 0.1) is 11.9 Å². The molecule has 0 aliphatic heterocycles. The van der Waals surface area contributed by atoms with Gasteiger partial charge in [0.15, 0.2) is 0 Å². The van der Waals surface area contributed by atoms with Crippen LogP contribution in [0.25, 0.3) is 0 Å². The molecule has 1 aromatic rings. The number of benzene rings is 1. The zero-order chi connectivity index (χ0) is 17.8. The number of rotatable bonds is 7. The summed E-state index contributed by atoms with van der Waals surface area (Å²) < 4.78 is 38.1. The molecule has 0 spiro atoms. The standard InChI is InChI=1S/C15H24FN3O3S.ClH/c1-10(2)13(17)7-8-19(3)15(20)11-5-6-12(16)14(9-11)18-23(4,21)22;/h5-6,9-10,13,18H,7-8,17H2,1-4H3;1H. The summed E-state index contributed by atoms with van der Waals surface area (Å²) in [4.78, 5) is 13.8. The molecule has 24 heavy (non-hydrogen) atoms. The third kappa shape index (κ3) is 7.02. The molecule has 1 unspecified atom stereocenters. The Morgan fingerprint density at radius 3 is 2.46 bits per heavy atom. The number of anilines is 1. The van der Waals surface area contributed by atoms with E-state index in [1.54, 1.807) is 7.05 Å². The highest BCUT2D eigenvalue weighted by atomic mass is 35.5. The van der Waals surface area contributed by atoms with Crippen LogP contribution in [-0.2, 0) is 10.0 Å². The highest BCUT2D eigenvalue weighted by molar-refractivity contribution is 7.92. The van der Waals surface area contributed by atoms with E-state index in [4.69, 9.17) is 5.73 Å². The van der Waals surface area contributed by atoms with Gasteiger partial charge in [0.2, 0.25) is 10.0 Å². The van der Waals surface area contributed by atoms with Crippen molar-refractivity contribution in [3.05, 3.63) is 29.6 Å². The van der Waals surface area contributed by atoms with Gasteiger partial charge in [-0.05, 0) is 30.5 Å². The number of hydrogen-bond acceptors (Lipinski definition) is 4. The SMILES string of the molecule is CC(C)C(N)CCN(C)C(=O)c1ccc(F)c(NS(C)(=O)=O)c1.Cl. The fourth-order valence-corrected chi connectivity index (χ4v) is 2.49. The number of nitrogens with zero attached hydrogens (tertiary/aromatic N) is 1. The molecule has 0 saturated carbocycles. The molecule has 3 N–H and O–H groups in total. The average Bonchev–Trinajstić information content (AvgIpc) is 2.44. The molecule has 1 atom stereocenters. The summed E-state index contributed by atoms with van der Waals surface area (Å²) >= 11 is 0. The van der Waals surface area contributed by atoms with Gasteiger partial charge in [-0.1, -0.05) is 13.8 Å². The van der Waals surface area contributed by atoms with Crippen molar-refractivity contribution >= 4 is 34.0 Å². The number of carbonyl (C=O) groups excluding carboxylic acids is 1. The normalized spacial score (nSPS) is 12.5. The molecular weight excluding hydrogens is 357 g/mol. The van der Waals surface area contributed by atoms with Gasteiger partial charge >= 0.3 is 0 Å². The molecule has 0 aliphatic carbocycles. The number of carbonyl (C=O) groups is 1. The molecule has 6 nitrogen and oxygen atoms in total. The van der Waals surface area contributed by atoms with Gasteiger partial charge in [-0.2, -0.15) is 0 Å². The van der Waals surface area contributed by atoms with Crippen LogP contribution in [0.15, 0.2) is 18.2 Å². The second kappa shape index (κ2) is 9.19. The van der Waals surface area contributed by atoms with E-state index in [1.807, 2.05) is 13.8 Å². The zero-order valence-corrected chi connectivity index (χ0v) is 15.9. The Balaban J connectivity index is 0.00000529. The van der Waals surface area contributed by atoms with Gasteiger partial charge in [0.25, 0.3) is 5.91 Å². The lowest BCUT2D eigenvalue weighted by molar-refractivity contribution is 0.0789. The minimum absolute atomic E-state index is 0. The lowest BCUT2D eigenvalue weighted by Gasteiger charge is -2.22. The molecule has 9 heteroatoms. The van der Waals surface area contributed by atoms with Crippen LogP contribution >= 0.6 is 12.4 Å². The summed E-state index contributed by atoms with van der Waals surface area (Å²) in [5.74, 6) is -0.746. The van der Waals surface area contributed by atoms with E-state index in [-0.39, 0.29) is 35.6 Å². The predicted molar refractivity (Wildman–Crippen MR) is 96.5 cm³/mol. The van der Waals surface area contributed by atoms with E-state index in [0.29, 0.717) is 18.9 Å². The third-order valence-corrected chi connectivity index (χ3v) is 4.10. The average molecular weight is 382 g/mol.